The monoisotopic (exact) mass is 371 g/mol. The second kappa shape index (κ2) is 13.7. The molecule has 3 nitrogen and oxygen atoms in total. The van der Waals surface area contributed by atoms with E-state index >= 15 is 0 Å². The van der Waals surface area contributed by atoms with Crippen LogP contribution in [0, 0.1) is 13.8 Å². The van der Waals surface area contributed by atoms with Crippen molar-refractivity contribution in [1.82, 2.24) is 3.71 Å². The van der Waals surface area contributed by atoms with Gasteiger partial charge in [-0.2, -0.15) is 53.0 Å². The molecule has 108 valence electrons. The van der Waals surface area contributed by atoms with Gasteiger partial charge in [0.05, 0.1) is 0 Å². The van der Waals surface area contributed by atoms with E-state index in [4.69, 9.17) is 5.11 Å². The van der Waals surface area contributed by atoms with Crippen molar-refractivity contribution in [1.29, 1.82) is 0 Å². The van der Waals surface area contributed by atoms with E-state index in [1.54, 1.807) is 0 Å². The fourth-order valence-corrected chi connectivity index (χ4v) is 0.956. The predicted octanol–water partition coefficient (Wildman–Crippen LogP) is 4.39. The molecule has 0 radical (unpaired) electrons. The zero-order chi connectivity index (χ0) is 15.4. The van der Waals surface area contributed by atoms with Gasteiger partial charge in [0.2, 0.25) is 0 Å². The van der Waals surface area contributed by atoms with E-state index in [-0.39, 0.29) is 19.5 Å². The molecule has 1 amide bonds. The SMILES string of the molecule is O=C(O)N(S)S.[CH2-]c1ccccc1.[CH2-]c1ccccc1.[Zn+2]. The van der Waals surface area contributed by atoms with Crippen molar-refractivity contribution in [3.05, 3.63) is 85.6 Å². The number of rotatable bonds is 0. The first kappa shape index (κ1) is 22.1. The fourth-order valence-electron chi connectivity index (χ4n) is 0.956. The van der Waals surface area contributed by atoms with Crippen LogP contribution >= 0.6 is 25.6 Å². The van der Waals surface area contributed by atoms with Crippen molar-refractivity contribution in [2.75, 3.05) is 0 Å². The summed E-state index contributed by atoms with van der Waals surface area (Å²) in [6.07, 6.45) is -1.18. The van der Waals surface area contributed by atoms with Crippen LogP contribution in [-0.2, 0) is 19.5 Å². The van der Waals surface area contributed by atoms with Crippen molar-refractivity contribution < 1.29 is 29.4 Å². The van der Waals surface area contributed by atoms with Gasteiger partial charge in [-0.15, -0.1) is 24.3 Å². The van der Waals surface area contributed by atoms with Gasteiger partial charge >= 0.3 is 25.6 Å². The van der Waals surface area contributed by atoms with Crippen molar-refractivity contribution in [3.63, 3.8) is 0 Å². The number of hydrogen-bond acceptors (Lipinski definition) is 3. The normalized spacial score (nSPS) is 7.90. The maximum Gasteiger partial charge on any atom is 2.00 e. The number of hydrogen-bond donors (Lipinski definition) is 3. The maximum atomic E-state index is 9.47. The number of thiol groups is 2. The zero-order valence-corrected chi connectivity index (χ0v) is 16.3. The van der Waals surface area contributed by atoms with Crippen molar-refractivity contribution in [2.24, 2.45) is 0 Å². The Kier molecular flexibility index (Phi) is 14.4. The van der Waals surface area contributed by atoms with Gasteiger partial charge in [-0.05, 0) is 25.6 Å². The number of carboxylic acid groups (broad SMARTS) is 1. The molecule has 0 aliphatic rings. The van der Waals surface area contributed by atoms with Crippen LogP contribution in [0.3, 0.4) is 0 Å². The molecule has 0 saturated heterocycles. The summed E-state index contributed by atoms with van der Waals surface area (Å²) in [6, 6.07) is 19.7. The van der Waals surface area contributed by atoms with Gasteiger partial charge in [0.1, 0.15) is 0 Å². The molecular weight excluding hydrogens is 356 g/mol. The van der Waals surface area contributed by atoms with Crippen LogP contribution in [-0.4, -0.2) is 14.9 Å². The van der Waals surface area contributed by atoms with E-state index < -0.39 is 6.09 Å². The average Bonchev–Trinajstić information content (AvgIpc) is 2.42. The van der Waals surface area contributed by atoms with E-state index in [2.05, 4.69) is 39.5 Å². The van der Waals surface area contributed by atoms with Gasteiger partial charge in [0, 0.05) is 0 Å². The number of nitrogens with zero attached hydrogens (tertiary/aromatic N) is 1. The van der Waals surface area contributed by atoms with Crippen molar-refractivity contribution >= 4 is 31.7 Å². The van der Waals surface area contributed by atoms with Gasteiger partial charge in [-0.1, -0.05) is 12.1 Å². The Morgan fingerprint density at radius 3 is 1.19 bits per heavy atom. The molecule has 2 rings (SSSR count). The zero-order valence-electron chi connectivity index (χ0n) is 11.6. The first-order chi connectivity index (χ1) is 9.43. The Bertz CT molecular complexity index is 444. The van der Waals surface area contributed by atoms with E-state index in [0.717, 1.165) is 11.1 Å². The van der Waals surface area contributed by atoms with Gasteiger partial charge in [-0.3, -0.25) is 0 Å². The summed E-state index contributed by atoms with van der Waals surface area (Å²) in [5, 5.41) is 7.76. The number of benzene rings is 2. The largest absolute Gasteiger partial charge is 2.00 e. The molecule has 0 aliphatic carbocycles. The third-order valence-corrected chi connectivity index (χ3v) is 2.20. The van der Waals surface area contributed by atoms with Gasteiger partial charge in [-0.25, -0.2) is 4.79 Å². The molecule has 0 fully saturated rings. The molecule has 0 heterocycles. The van der Waals surface area contributed by atoms with Gasteiger partial charge < -0.3 is 5.11 Å². The third-order valence-electron chi connectivity index (χ3n) is 1.86. The summed E-state index contributed by atoms with van der Waals surface area (Å²) in [7, 11) is 0. The molecule has 0 bridgehead atoms. The Balaban J connectivity index is 0. The van der Waals surface area contributed by atoms with Crippen LogP contribution in [0.5, 0.6) is 0 Å². The minimum atomic E-state index is -1.18. The summed E-state index contributed by atoms with van der Waals surface area (Å²) in [6.45, 7) is 7.44. The Morgan fingerprint density at radius 1 is 0.857 bits per heavy atom. The van der Waals surface area contributed by atoms with Gasteiger partial charge in [0.25, 0.3) is 0 Å². The standard InChI is InChI=1S/2C7H7.CH3NO2S2.Zn/c2*1-7-5-3-2-4-6-7;3-1(4)2(5)6;/h2*2-6H,1H2;5-6H,(H,3,4);/q2*-1;;+2. The van der Waals surface area contributed by atoms with E-state index in [9.17, 15) is 4.79 Å². The topological polar surface area (TPSA) is 40.5 Å². The second-order valence-electron chi connectivity index (χ2n) is 3.54. The third kappa shape index (κ3) is 15.0. The van der Waals surface area contributed by atoms with E-state index in [1.807, 2.05) is 60.7 Å². The Morgan fingerprint density at radius 2 is 1.10 bits per heavy atom. The summed E-state index contributed by atoms with van der Waals surface area (Å²) in [4.78, 5) is 9.47. The van der Waals surface area contributed by atoms with Crippen LogP contribution in [0.4, 0.5) is 4.79 Å². The number of amides is 1. The van der Waals surface area contributed by atoms with Crippen LogP contribution in [0.2, 0.25) is 0 Å². The average molecular weight is 373 g/mol. The van der Waals surface area contributed by atoms with Crippen LogP contribution in [0.25, 0.3) is 0 Å². The molecule has 6 heteroatoms. The van der Waals surface area contributed by atoms with E-state index in [1.165, 1.54) is 0 Å². The van der Waals surface area contributed by atoms with Crippen molar-refractivity contribution in [2.45, 2.75) is 0 Å². The molecular formula is C15H17NO2S2Zn. The maximum absolute atomic E-state index is 9.47. The molecule has 0 atom stereocenters. The van der Waals surface area contributed by atoms with Crippen LogP contribution in [0.1, 0.15) is 11.1 Å². The first-order valence-corrected chi connectivity index (χ1v) is 6.38. The summed E-state index contributed by atoms with van der Waals surface area (Å²) in [5.74, 6) is 0. The van der Waals surface area contributed by atoms with Crippen LogP contribution < -0.4 is 0 Å². The molecule has 0 spiro atoms. The van der Waals surface area contributed by atoms with Crippen molar-refractivity contribution in [3.8, 4) is 0 Å². The summed E-state index contributed by atoms with van der Waals surface area (Å²) >= 11 is 6.58. The summed E-state index contributed by atoms with van der Waals surface area (Å²) in [5.41, 5.74) is 2.14. The fraction of sp³-hybridized carbons (Fsp3) is 0. The smallest absolute Gasteiger partial charge is 0.464 e. The minimum Gasteiger partial charge on any atom is -0.464 e. The molecule has 1 N–H and O–H groups in total. The number of carbonyl (C=O) groups is 1. The predicted molar refractivity (Wildman–Crippen MR) is 89.6 cm³/mol. The molecule has 2 aromatic rings. The quantitative estimate of drug-likeness (QED) is 0.364. The molecule has 0 unspecified atom stereocenters. The van der Waals surface area contributed by atoms with Gasteiger partial charge in [0.15, 0.2) is 0 Å². The Hall–Kier alpha value is -1.23. The second-order valence-corrected chi connectivity index (χ2v) is 4.66. The molecule has 0 aromatic heterocycles. The molecule has 21 heavy (non-hydrogen) atoms. The Labute approximate surface area is 150 Å². The van der Waals surface area contributed by atoms with Crippen LogP contribution in [0.15, 0.2) is 60.7 Å². The molecule has 0 aliphatic heterocycles. The molecule has 2 aromatic carbocycles. The summed E-state index contributed by atoms with van der Waals surface area (Å²) < 4.78 is 0.472. The minimum absolute atomic E-state index is 0. The first-order valence-electron chi connectivity index (χ1n) is 5.58. The molecule has 0 saturated carbocycles. The van der Waals surface area contributed by atoms with E-state index in [0.29, 0.717) is 3.71 Å².